The molecular weight excluding hydrogens is 208 g/mol. The Morgan fingerprint density at radius 1 is 1.38 bits per heavy atom. The first-order valence-corrected chi connectivity index (χ1v) is 4.96. The molecule has 0 aliphatic heterocycles. The molecule has 1 unspecified atom stereocenters. The number of hydrogen-bond acceptors (Lipinski definition) is 4. The van der Waals surface area contributed by atoms with E-state index in [4.69, 9.17) is 14.2 Å². The molecule has 0 saturated heterocycles. The van der Waals surface area contributed by atoms with Gasteiger partial charge < -0.3 is 14.2 Å². The van der Waals surface area contributed by atoms with Crippen molar-refractivity contribution in [2.24, 2.45) is 0 Å². The number of carbonyl (C=O) groups excluding carboxylic acids is 1. The van der Waals surface area contributed by atoms with E-state index in [9.17, 15) is 4.79 Å². The van der Waals surface area contributed by atoms with Gasteiger partial charge in [-0.2, -0.15) is 0 Å². The second-order valence-electron chi connectivity index (χ2n) is 3.34. The van der Waals surface area contributed by atoms with Crippen molar-refractivity contribution in [3.63, 3.8) is 0 Å². The maximum absolute atomic E-state index is 10.9. The number of methoxy groups -OCH3 is 2. The summed E-state index contributed by atoms with van der Waals surface area (Å²) >= 11 is 0. The van der Waals surface area contributed by atoms with Crippen molar-refractivity contribution in [2.75, 3.05) is 21.0 Å². The van der Waals surface area contributed by atoms with Crippen LogP contribution in [-0.2, 0) is 9.47 Å². The zero-order valence-corrected chi connectivity index (χ0v) is 9.73. The van der Waals surface area contributed by atoms with Gasteiger partial charge in [-0.25, -0.2) is 0 Å². The Labute approximate surface area is 95.1 Å². The molecular formula is C12H16O4. The quantitative estimate of drug-likeness (QED) is 0.549. The molecule has 0 fully saturated rings. The molecule has 16 heavy (non-hydrogen) atoms. The van der Waals surface area contributed by atoms with E-state index in [1.807, 2.05) is 13.0 Å². The van der Waals surface area contributed by atoms with E-state index in [0.29, 0.717) is 11.3 Å². The minimum atomic E-state index is -0.0461. The summed E-state index contributed by atoms with van der Waals surface area (Å²) in [7, 11) is 3.16. The fourth-order valence-electron chi connectivity index (χ4n) is 1.30. The highest BCUT2D eigenvalue weighted by molar-refractivity contribution is 5.79. The fourth-order valence-corrected chi connectivity index (χ4v) is 1.30. The van der Waals surface area contributed by atoms with Gasteiger partial charge in [-0.15, -0.1) is 0 Å². The van der Waals surface area contributed by atoms with Gasteiger partial charge in [0, 0.05) is 14.2 Å². The monoisotopic (exact) mass is 224 g/mol. The molecule has 0 spiro atoms. The van der Waals surface area contributed by atoms with E-state index in [0.717, 1.165) is 11.8 Å². The highest BCUT2D eigenvalue weighted by Crippen LogP contribution is 2.23. The third-order valence-corrected chi connectivity index (χ3v) is 2.32. The lowest BCUT2D eigenvalue weighted by atomic mass is 10.1. The largest absolute Gasteiger partial charge is 0.467 e. The first kappa shape index (κ1) is 12.7. The van der Waals surface area contributed by atoms with Gasteiger partial charge in [-0.3, -0.25) is 4.79 Å². The Morgan fingerprint density at radius 3 is 2.69 bits per heavy atom. The fraction of sp³-hybridized carbons (Fsp3) is 0.417. The summed E-state index contributed by atoms with van der Waals surface area (Å²) in [6.45, 7) is 2.04. The molecule has 0 aliphatic carbocycles. The van der Waals surface area contributed by atoms with Gasteiger partial charge in [0.05, 0.1) is 11.7 Å². The molecule has 1 aromatic carbocycles. The molecule has 4 heteroatoms. The minimum Gasteiger partial charge on any atom is -0.467 e. The van der Waals surface area contributed by atoms with Crippen LogP contribution in [0.5, 0.6) is 5.75 Å². The number of hydrogen-bond donors (Lipinski definition) is 0. The van der Waals surface area contributed by atoms with Gasteiger partial charge in [0.1, 0.15) is 5.75 Å². The number of rotatable bonds is 6. The highest BCUT2D eigenvalue weighted by Gasteiger charge is 2.08. The summed E-state index contributed by atoms with van der Waals surface area (Å²) in [6.07, 6.45) is 0.715. The first-order chi connectivity index (χ1) is 7.72. The molecule has 0 heterocycles. The molecule has 4 nitrogen and oxygen atoms in total. The Balaban J connectivity index is 2.92. The van der Waals surface area contributed by atoms with Gasteiger partial charge in [0.25, 0.3) is 0 Å². The lowest BCUT2D eigenvalue weighted by molar-refractivity contribution is 0.0504. The normalized spacial score (nSPS) is 12.2. The zero-order chi connectivity index (χ0) is 12.0. The number of aldehydes is 1. The smallest absolute Gasteiger partial charge is 0.188 e. The third kappa shape index (κ3) is 3.05. The first-order valence-electron chi connectivity index (χ1n) is 4.96. The van der Waals surface area contributed by atoms with Crippen LogP contribution >= 0.6 is 0 Å². The molecule has 1 rings (SSSR count). The lowest BCUT2D eigenvalue weighted by Crippen LogP contribution is -2.03. The minimum absolute atomic E-state index is 0.0461. The van der Waals surface area contributed by atoms with Crippen molar-refractivity contribution in [3.8, 4) is 5.75 Å². The molecule has 0 aromatic heterocycles. The third-order valence-electron chi connectivity index (χ3n) is 2.32. The van der Waals surface area contributed by atoms with E-state index in [2.05, 4.69) is 0 Å². The van der Waals surface area contributed by atoms with Gasteiger partial charge in [-0.05, 0) is 24.6 Å². The Bertz CT molecular complexity index is 349. The lowest BCUT2D eigenvalue weighted by Gasteiger charge is -2.12. The molecule has 0 bridgehead atoms. The zero-order valence-electron chi connectivity index (χ0n) is 9.73. The van der Waals surface area contributed by atoms with Crippen LogP contribution in [0.3, 0.4) is 0 Å². The van der Waals surface area contributed by atoms with Crippen molar-refractivity contribution in [2.45, 2.75) is 13.0 Å². The van der Waals surface area contributed by atoms with E-state index in [1.54, 1.807) is 19.2 Å². The second kappa shape index (κ2) is 6.25. The van der Waals surface area contributed by atoms with E-state index in [-0.39, 0.29) is 12.9 Å². The molecule has 0 N–H and O–H groups in total. The molecule has 0 aliphatic rings. The maximum atomic E-state index is 10.9. The van der Waals surface area contributed by atoms with Gasteiger partial charge in [0.15, 0.2) is 13.1 Å². The average Bonchev–Trinajstić information content (AvgIpc) is 2.35. The summed E-state index contributed by atoms with van der Waals surface area (Å²) in [5, 5.41) is 0. The van der Waals surface area contributed by atoms with Crippen LogP contribution in [0.1, 0.15) is 28.9 Å². The SMILES string of the molecule is COCOc1ccc(C(C)OC)cc1C=O. The number of carbonyl (C=O) groups is 1. The van der Waals surface area contributed by atoms with Gasteiger partial charge >= 0.3 is 0 Å². The van der Waals surface area contributed by atoms with Gasteiger partial charge in [0.2, 0.25) is 0 Å². The molecule has 0 saturated carbocycles. The van der Waals surface area contributed by atoms with Crippen molar-refractivity contribution < 1.29 is 19.0 Å². The average molecular weight is 224 g/mol. The van der Waals surface area contributed by atoms with Crippen molar-refractivity contribution >= 4 is 6.29 Å². The second-order valence-corrected chi connectivity index (χ2v) is 3.34. The Kier molecular flexibility index (Phi) is 4.95. The summed E-state index contributed by atoms with van der Waals surface area (Å²) in [6, 6.07) is 5.37. The van der Waals surface area contributed by atoms with Crippen LogP contribution in [-0.4, -0.2) is 27.3 Å². The molecule has 1 aromatic rings. The van der Waals surface area contributed by atoms with Crippen LogP contribution in [0, 0.1) is 0 Å². The molecule has 88 valence electrons. The Hall–Kier alpha value is -1.39. The standard InChI is InChI=1S/C12H16O4/c1-9(15-3)10-4-5-12(16-8-14-2)11(6-10)7-13/h4-7,9H,8H2,1-3H3. The molecule has 1 atom stereocenters. The van der Waals surface area contributed by atoms with E-state index >= 15 is 0 Å². The van der Waals surface area contributed by atoms with Crippen LogP contribution < -0.4 is 4.74 Å². The highest BCUT2D eigenvalue weighted by atomic mass is 16.7. The van der Waals surface area contributed by atoms with Crippen LogP contribution in [0.2, 0.25) is 0 Å². The van der Waals surface area contributed by atoms with Crippen molar-refractivity contribution in [3.05, 3.63) is 29.3 Å². The summed E-state index contributed by atoms with van der Waals surface area (Å²) in [4.78, 5) is 10.9. The van der Waals surface area contributed by atoms with Crippen molar-refractivity contribution in [1.29, 1.82) is 0 Å². The predicted molar refractivity (Wildman–Crippen MR) is 59.8 cm³/mol. The van der Waals surface area contributed by atoms with Crippen LogP contribution in [0.15, 0.2) is 18.2 Å². The number of benzene rings is 1. The van der Waals surface area contributed by atoms with Crippen LogP contribution in [0.4, 0.5) is 0 Å². The van der Waals surface area contributed by atoms with Gasteiger partial charge in [-0.1, -0.05) is 6.07 Å². The van der Waals surface area contributed by atoms with Crippen molar-refractivity contribution in [1.82, 2.24) is 0 Å². The number of ether oxygens (including phenoxy) is 3. The molecule has 0 amide bonds. The van der Waals surface area contributed by atoms with E-state index in [1.165, 1.54) is 7.11 Å². The summed E-state index contributed by atoms with van der Waals surface area (Å²) in [5.41, 5.74) is 1.44. The summed E-state index contributed by atoms with van der Waals surface area (Å²) < 4.78 is 15.2. The topological polar surface area (TPSA) is 44.8 Å². The molecule has 0 radical (unpaired) electrons. The summed E-state index contributed by atoms with van der Waals surface area (Å²) in [5.74, 6) is 0.518. The predicted octanol–water partition coefficient (Wildman–Crippen LogP) is 2.19. The van der Waals surface area contributed by atoms with Crippen LogP contribution in [0.25, 0.3) is 0 Å². The Morgan fingerprint density at radius 2 is 2.12 bits per heavy atom. The van der Waals surface area contributed by atoms with E-state index < -0.39 is 0 Å². The maximum Gasteiger partial charge on any atom is 0.188 e.